The summed E-state index contributed by atoms with van der Waals surface area (Å²) in [4.78, 5) is 0. The smallest absolute Gasteiger partial charge is 0.0622 e. The third-order valence-corrected chi connectivity index (χ3v) is 3.94. The second-order valence-corrected chi connectivity index (χ2v) is 5.27. The average molecular weight is 154 g/mol. The van der Waals surface area contributed by atoms with Crippen molar-refractivity contribution in [2.24, 2.45) is 17.3 Å². The van der Waals surface area contributed by atoms with E-state index in [1.165, 1.54) is 6.42 Å². The first-order valence-electron chi connectivity index (χ1n) is 4.66. The molecule has 0 amide bonds. The van der Waals surface area contributed by atoms with Crippen LogP contribution in [-0.2, 0) is 0 Å². The van der Waals surface area contributed by atoms with Gasteiger partial charge in [-0.05, 0) is 43.4 Å². The molecule has 0 aromatic rings. The van der Waals surface area contributed by atoms with Crippen molar-refractivity contribution in [3.05, 3.63) is 0 Å². The highest BCUT2D eigenvalue weighted by Gasteiger charge is 2.60. The molecule has 0 heterocycles. The van der Waals surface area contributed by atoms with E-state index in [1.54, 1.807) is 0 Å². The Kier molecular flexibility index (Phi) is 1.26. The highest BCUT2D eigenvalue weighted by atomic mass is 16.3. The van der Waals surface area contributed by atoms with Crippen molar-refractivity contribution in [3.8, 4) is 0 Å². The van der Waals surface area contributed by atoms with Gasteiger partial charge in [-0.15, -0.1) is 0 Å². The molecule has 2 saturated carbocycles. The minimum atomic E-state index is -0.352. The standard InChI is InChI=1S/C10H18O/c1-9(2)7-4-5-10(3,11)6-8(7)9/h7-8,11H,4-6H2,1-3H3/t7-,8+,10-/m1/s1. The first-order chi connectivity index (χ1) is 4.93. The molecule has 2 rings (SSSR count). The molecule has 0 bridgehead atoms. The van der Waals surface area contributed by atoms with Gasteiger partial charge in [0.2, 0.25) is 0 Å². The summed E-state index contributed by atoms with van der Waals surface area (Å²) in [5, 5.41) is 9.80. The number of fused-ring (bicyclic) bond motifs is 1. The van der Waals surface area contributed by atoms with Crippen LogP contribution in [0.5, 0.6) is 0 Å². The molecular formula is C10H18O. The third-order valence-electron chi connectivity index (χ3n) is 3.94. The normalized spacial score (nSPS) is 53.5. The number of rotatable bonds is 0. The van der Waals surface area contributed by atoms with E-state index in [-0.39, 0.29) is 5.60 Å². The van der Waals surface area contributed by atoms with Gasteiger partial charge in [-0.1, -0.05) is 13.8 Å². The van der Waals surface area contributed by atoms with Crippen molar-refractivity contribution in [2.45, 2.75) is 45.6 Å². The Hall–Kier alpha value is -0.0400. The van der Waals surface area contributed by atoms with Crippen LogP contribution in [-0.4, -0.2) is 10.7 Å². The monoisotopic (exact) mass is 154 g/mol. The Labute approximate surface area is 68.8 Å². The lowest BCUT2D eigenvalue weighted by molar-refractivity contribution is 0.0179. The molecule has 1 heteroatoms. The lowest BCUT2D eigenvalue weighted by Gasteiger charge is -2.26. The van der Waals surface area contributed by atoms with E-state index >= 15 is 0 Å². The highest BCUT2D eigenvalue weighted by Crippen LogP contribution is 2.66. The lowest BCUT2D eigenvalue weighted by atomic mass is 9.87. The molecule has 2 fully saturated rings. The van der Waals surface area contributed by atoms with Crippen LogP contribution >= 0.6 is 0 Å². The van der Waals surface area contributed by atoms with E-state index in [4.69, 9.17) is 0 Å². The minimum Gasteiger partial charge on any atom is -0.390 e. The second-order valence-electron chi connectivity index (χ2n) is 5.27. The van der Waals surface area contributed by atoms with Crippen molar-refractivity contribution in [1.29, 1.82) is 0 Å². The lowest BCUT2D eigenvalue weighted by Crippen LogP contribution is -2.28. The van der Waals surface area contributed by atoms with E-state index in [0.29, 0.717) is 5.41 Å². The fraction of sp³-hybridized carbons (Fsp3) is 1.00. The molecular weight excluding hydrogens is 136 g/mol. The molecule has 64 valence electrons. The highest BCUT2D eigenvalue weighted by molar-refractivity contribution is 5.10. The first kappa shape index (κ1) is 7.60. The Morgan fingerprint density at radius 3 is 2.27 bits per heavy atom. The second kappa shape index (κ2) is 1.82. The van der Waals surface area contributed by atoms with Gasteiger partial charge in [-0.2, -0.15) is 0 Å². The molecule has 0 unspecified atom stereocenters. The SMILES string of the molecule is CC1(C)[C@@H]2CC[C@@](C)(O)C[C@@H]21. The zero-order chi connectivity index (χ0) is 8.28. The first-order valence-corrected chi connectivity index (χ1v) is 4.66. The van der Waals surface area contributed by atoms with Gasteiger partial charge >= 0.3 is 0 Å². The molecule has 2 aliphatic rings. The maximum Gasteiger partial charge on any atom is 0.0622 e. The van der Waals surface area contributed by atoms with Crippen LogP contribution in [0.4, 0.5) is 0 Å². The largest absolute Gasteiger partial charge is 0.390 e. The van der Waals surface area contributed by atoms with E-state index in [9.17, 15) is 5.11 Å². The van der Waals surface area contributed by atoms with E-state index < -0.39 is 0 Å². The van der Waals surface area contributed by atoms with Crippen molar-refractivity contribution >= 4 is 0 Å². The van der Waals surface area contributed by atoms with Crippen LogP contribution in [0.3, 0.4) is 0 Å². The predicted molar refractivity (Wildman–Crippen MR) is 45.2 cm³/mol. The third kappa shape index (κ3) is 1.01. The fourth-order valence-electron chi connectivity index (χ4n) is 2.88. The Morgan fingerprint density at radius 2 is 1.82 bits per heavy atom. The van der Waals surface area contributed by atoms with Crippen molar-refractivity contribution < 1.29 is 5.11 Å². The van der Waals surface area contributed by atoms with Gasteiger partial charge in [0.1, 0.15) is 0 Å². The number of hydrogen-bond donors (Lipinski definition) is 1. The summed E-state index contributed by atoms with van der Waals surface area (Å²) in [6.45, 7) is 6.66. The molecule has 2 aliphatic carbocycles. The van der Waals surface area contributed by atoms with Gasteiger partial charge in [0.05, 0.1) is 5.60 Å². The van der Waals surface area contributed by atoms with E-state index in [2.05, 4.69) is 13.8 Å². The van der Waals surface area contributed by atoms with Crippen LogP contribution in [0.25, 0.3) is 0 Å². The fourth-order valence-corrected chi connectivity index (χ4v) is 2.88. The molecule has 0 saturated heterocycles. The summed E-state index contributed by atoms with van der Waals surface area (Å²) < 4.78 is 0. The van der Waals surface area contributed by atoms with Crippen molar-refractivity contribution in [1.82, 2.24) is 0 Å². The van der Waals surface area contributed by atoms with Gasteiger partial charge in [0.15, 0.2) is 0 Å². The van der Waals surface area contributed by atoms with Crippen LogP contribution in [0, 0.1) is 17.3 Å². The van der Waals surface area contributed by atoms with Gasteiger partial charge in [0, 0.05) is 0 Å². The van der Waals surface area contributed by atoms with Gasteiger partial charge in [-0.3, -0.25) is 0 Å². The summed E-state index contributed by atoms with van der Waals surface area (Å²) in [6, 6.07) is 0. The molecule has 1 nitrogen and oxygen atoms in total. The quantitative estimate of drug-likeness (QED) is 0.567. The van der Waals surface area contributed by atoms with Crippen LogP contribution in [0.2, 0.25) is 0 Å². The Balaban J connectivity index is 2.08. The minimum absolute atomic E-state index is 0.352. The zero-order valence-electron chi connectivity index (χ0n) is 7.72. The summed E-state index contributed by atoms with van der Waals surface area (Å²) in [7, 11) is 0. The van der Waals surface area contributed by atoms with Gasteiger partial charge in [0.25, 0.3) is 0 Å². The Morgan fingerprint density at radius 1 is 1.18 bits per heavy atom. The molecule has 0 spiro atoms. The summed E-state index contributed by atoms with van der Waals surface area (Å²) in [5.41, 5.74) is 0.190. The maximum atomic E-state index is 9.80. The van der Waals surface area contributed by atoms with Crippen molar-refractivity contribution in [2.75, 3.05) is 0 Å². The molecule has 11 heavy (non-hydrogen) atoms. The average Bonchev–Trinajstić information content (AvgIpc) is 2.32. The van der Waals surface area contributed by atoms with Crippen molar-refractivity contribution in [3.63, 3.8) is 0 Å². The number of hydrogen-bond acceptors (Lipinski definition) is 1. The molecule has 1 N–H and O–H groups in total. The van der Waals surface area contributed by atoms with Gasteiger partial charge < -0.3 is 5.11 Å². The van der Waals surface area contributed by atoms with Crippen LogP contribution in [0.1, 0.15) is 40.0 Å². The van der Waals surface area contributed by atoms with E-state index in [1.807, 2.05) is 6.92 Å². The maximum absolute atomic E-state index is 9.80. The van der Waals surface area contributed by atoms with Gasteiger partial charge in [-0.25, -0.2) is 0 Å². The summed E-state index contributed by atoms with van der Waals surface area (Å²) in [5.74, 6) is 1.73. The van der Waals surface area contributed by atoms with Crippen LogP contribution in [0.15, 0.2) is 0 Å². The topological polar surface area (TPSA) is 20.2 Å². The molecule has 0 aliphatic heterocycles. The molecule has 0 aromatic carbocycles. The Bertz CT molecular complexity index is 179. The van der Waals surface area contributed by atoms with Crippen LogP contribution < -0.4 is 0 Å². The molecule has 0 radical (unpaired) electrons. The van der Waals surface area contributed by atoms with E-state index in [0.717, 1.165) is 24.7 Å². The summed E-state index contributed by atoms with van der Waals surface area (Å²) in [6.07, 6.45) is 3.28. The molecule has 3 atom stereocenters. The molecule has 0 aromatic heterocycles. The number of aliphatic hydroxyl groups is 1. The summed E-state index contributed by atoms with van der Waals surface area (Å²) >= 11 is 0. The zero-order valence-corrected chi connectivity index (χ0v) is 7.72. The predicted octanol–water partition coefficient (Wildman–Crippen LogP) is 2.19.